The third-order valence-corrected chi connectivity index (χ3v) is 3.87. The van der Waals surface area contributed by atoms with Gasteiger partial charge in [0.05, 0.1) is 6.04 Å². The highest BCUT2D eigenvalue weighted by molar-refractivity contribution is 7.10. The zero-order valence-corrected chi connectivity index (χ0v) is 10.1. The number of hydrogen-bond donors (Lipinski definition) is 0. The highest BCUT2D eigenvalue weighted by atomic mass is 32.1. The van der Waals surface area contributed by atoms with Gasteiger partial charge in [0.1, 0.15) is 0 Å². The van der Waals surface area contributed by atoms with Crippen molar-refractivity contribution in [1.82, 2.24) is 4.90 Å². The summed E-state index contributed by atoms with van der Waals surface area (Å²) in [4.78, 5) is 15.4. The zero-order chi connectivity index (χ0) is 10.8. The summed E-state index contributed by atoms with van der Waals surface area (Å²) < 4.78 is 0. The summed E-state index contributed by atoms with van der Waals surface area (Å²) in [6.45, 7) is 4.89. The van der Waals surface area contributed by atoms with E-state index in [9.17, 15) is 4.79 Å². The Labute approximate surface area is 94.9 Å². The van der Waals surface area contributed by atoms with E-state index in [1.165, 1.54) is 4.88 Å². The SMILES string of the molecule is CC(C)C(=O)N1CCCC1c1cccs1. The molecule has 1 aromatic heterocycles. The van der Waals surface area contributed by atoms with Gasteiger partial charge >= 0.3 is 0 Å². The second kappa shape index (κ2) is 4.35. The van der Waals surface area contributed by atoms with E-state index in [0.717, 1.165) is 19.4 Å². The van der Waals surface area contributed by atoms with Crippen LogP contribution in [0, 0.1) is 5.92 Å². The molecule has 1 saturated heterocycles. The monoisotopic (exact) mass is 223 g/mol. The Morgan fingerprint density at radius 1 is 1.60 bits per heavy atom. The van der Waals surface area contributed by atoms with Gasteiger partial charge in [-0.1, -0.05) is 19.9 Å². The van der Waals surface area contributed by atoms with Gasteiger partial charge in [0.15, 0.2) is 0 Å². The standard InChI is InChI=1S/C12H17NOS/c1-9(2)12(14)13-7-3-5-10(13)11-6-4-8-15-11/h4,6,8-10H,3,5,7H2,1-2H3. The molecule has 15 heavy (non-hydrogen) atoms. The normalized spacial score (nSPS) is 21.3. The van der Waals surface area contributed by atoms with Crippen LogP contribution < -0.4 is 0 Å². The van der Waals surface area contributed by atoms with E-state index in [1.807, 2.05) is 13.8 Å². The van der Waals surface area contributed by atoms with Gasteiger partial charge in [0.2, 0.25) is 5.91 Å². The van der Waals surface area contributed by atoms with E-state index in [4.69, 9.17) is 0 Å². The highest BCUT2D eigenvalue weighted by Gasteiger charge is 2.31. The average Bonchev–Trinajstić information content (AvgIpc) is 2.86. The Bertz CT molecular complexity index is 331. The van der Waals surface area contributed by atoms with Crippen molar-refractivity contribution < 1.29 is 4.79 Å². The third kappa shape index (κ3) is 2.07. The van der Waals surface area contributed by atoms with Gasteiger partial charge in [-0.05, 0) is 24.3 Å². The molecule has 2 nitrogen and oxygen atoms in total. The van der Waals surface area contributed by atoms with Crippen LogP contribution in [0.25, 0.3) is 0 Å². The van der Waals surface area contributed by atoms with Gasteiger partial charge in [-0.2, -0.15) is 0 Å². The number of nitrogens with zero attached hydrogens (tertiary/aromatic N) is 1. The third-order valence-electron chi connectivity index (χ3n) is 2.90. The molecule has 1 fully saturated rings. The van der Waals surface area contributed by atoms with Crippen LogP contribution in [-0.2, 0) is 4.79 Å². The molecule has 1 aliphatic heterocycles. The summed E-state index contributed by atoms with van der Waals surface area (Å²) in [5.74, 6) is 0.413. The van der Waals surface area contributed by atoms with Crippen molar-refractivity contribution in [2.45, 2.75) is 32.7 Å². The van der Waals surface area contributed by atoms with Crippen molar-refractivity contribution in [3.8, 4) is 0 Å². The first-order valence-electron chi connectivity index (χ1n) is 5.54. The largest absolute Gasteiger partial charge is 0.335 e. The molecular formula is C12H17NOS. The van der Waals surface area contributed by atoms with Gasteiger partial charge in [0, 0.05) is 17.3 Å². The zero-order valence-electron chi connectivity index (χ0n) is 9.27. The maximum Gasteiger partial charge on any atom is 0.225 e. The molecule has 0 bridgehead atoms. The Morgan fingerprint density at radius 2 is 2.40 bits per heavy atom. The summed E-state index contributed by atoms with van der Waals surface area (Å²) in [5.41, 5.74) is 0. The van der Waals surface area contributed by atoms with Crippen LogP contribution in [0.1, 0.15) is 37.6 Å². The maximum absolute atomic E-state index is 12.0. The van der Waals surface area contributed by atoms with Gasteiger partial charge in [-0.15, -0.1) is 11.3 Å². The lowest BCUT2D eigenvalue weighted by atomic mass is 10.1. The van der Waals surface area contributed by atoms with Crippen molar-refractivity contribution in [3.63, 3.8) is 0 Å². The highest BCUT2D eigenvalue weighted by Crippen LogP contribution is 2.35. The molecule has 1 atom stereocenters. The minimum Gasteiger partial charge on any atom is -0.335 e. The van der Waals surface area contributed by atoms with Crippen LogP contribution in [0.2, 0.25) is 0 Å². The second-order valence-corrected chi connectivity index (χ2v) is 5.34. The lowest BCUT2D eigenvalue weighted by Gasteiger charge is -2.25. The van der Waals surface area contributed by atoms with Crippen LogP contribution >= 0.6 is 11.3 Å². The Balaban J connectivity index is 2.15. The molecule has 0 saturated carbocycles. The minimum absolute atomic E-state index is 0.116. The number of carbonyl (C=O) groups is 1. The van der Waals surface area contributed by atoms with Crippen LogP contribution in [0.3, 0.4) is 0 Å². The molecule has 2 heterocycles. The van der Waals surface area contributed by atoms with E-state index >= 15 is 0 Å². The van der Waals surface area contributed by atoms with E-state index < -0.39 is 0 Å². The molecule has 2 rings (SSSR count). The average molecular weight is 223 g/mol. The van der Waals surface area contributed by atoms with Crippen molar-refractivity contribution in [2.24, 2.45) is 5.92 Å². The van der Waals surface area contributed by atoms with Crippen molar-refractivity contribution in [3.05, 3.63) is 22.4 Å². The molecule has 82 valence electrons. The first-order valence-corrected chi connectivity index (χ1v) is 6.42. The first kappa shape index (κ1) is 10.7. The topological polar surface area (TPSA) is 20.3 Å². The molecule has 0 spiro atoms. The Kier molecular flexibility index (Phi) is 3.10. The number of rotatable bonds is 2. The number of thiophene rings is 1. The van der Waals surface area contributed by atoms with Gasteiger partial charge < -0.3 is 4.90 Å². The quantitative estimate of drug-likeness (QED) is 0.754. The number of amides is 1. The molecule has 1 unspecified atom stereocenters. The predicted molar refractivity (Wildman–Crippen MR) is 62.8 cm³/mol. The summed E-state index contributed by atoms with van der Waals surface area (Å²) in [7, 11) is 0. The van der Waals surface area contributed by atoms with E-state index in [1.54, 1.807) is 11.3 Å². The fourth-order valence-electron chi connectivity index (χ4n) is 2.14. The summed E-state index contributed by atoms with van der Waals surface area (Å²) in [6, 6.07) is 4.55. The minimum atomic E-state index is 0.116. The molecule has 0 aliphatic carbocycles. The van der Waals surface area contributed by atoms with Crippen LogP contribution in [0.5, 0.6) is 0 Å². The van der Waals surface area contributed by atoms with Crippen molar-refractivity contribution in [2.75, 3.05) is 6.54 Å². The molecule has 3 heteroatoms. The first-order chi connectivity index (χ1) is 7.20. The van der Waals surface area contributed by atoms with E-state index in [0.29, 0.717) is 11.9 Å². The lowest BCUT2D eigenvalue weighted by molar-refractivity contribution is -0.135. The lowest BCUT2D eigenvalue weighted by Crippen LogP contribution is -2.33. The van der Waals surface area contributed by atoms with Gasteiger partial charge in [0.25, 0.3) is 0 Å². The maximum atomic E-state index is 12.0. The molecule has 0 radical (unpaired) electrons. The van der Waals surface area contributed by atoms with Crippen LogP contribution in [0.15, 0.2) is 17.5 Å². The fourth-order valence-corrected chi connectivity index (χ4v) is 3.01. The molecular weight excluding hydrogens is 206 g/mol. The smallest absolute Gasteiger partial charge is 0.225 e. The number of carbonyl (C=O) groups excluding carboxylic acids is 1. The molecule has 1 amide bonds. The summed E-state index contributed by atoms with van der Waals surface area (Å²) in [5, 5.41) is 2.09. The predicted octanol–water partition coefficient (Wildman–Crippen LogP) is 3.07. The Morgan fingerprint density at radius 3 is 3.00 bits per heavy atom. The van der Waals surface area contributed by atoms with Crippen molar-refractivity contribution >= 4 is 17.2 Å². The fraction of sp³-hybridized carbons (Fsp3) is 0.583. The summed E-state index contributed by atoms with van der Waals surface area (Å²) >= 11 is 1.76. The van der Waals surface area contributed by atoms with E-state index in [2.05, 4.69) is 22.4 Å². The molecule has 1 aliphatic rings. The summed E-state index contributed by atoms with van der Waals surface area (Å²) in [6.07, 6.45) is 2.26. The molecule has 0 aromatic carbocycles. The molecule has 0 N–H and O–H groups in total. The van der Waals surface area contributed by atoms with Gasteiger partial charge in [-0.3, -0.25) is 4.79 Å². The van der Waals surface area contributed by atoms with Crippen LogP contribution in [-0.4, -0.2) is 17.4 Å². The molecule has 1 aromatic rings. The Hall–Kier alpha value is -0.830. The van der Waals surface area contributed by atoms with E-state index in [-0.39, 0.29) is 5.92 Å². The van der Waals surface area contributed by atoms with Crippen LogP contribution in [0.4, 0.5) is 0 Å². The van der Waals surface area contributed by atoms with Gasteiger partial charge in [-0.25, -0.2) is 0 Å². The second-order valence-electron chi connectivity index (χ2n) is 4.36. The number of likely N-dealkylation sites (tertiary alicyclic amines) is 1. The van der Waals surface area contributed by atoms with Crippen molar-refractivity contribution in [1.29, 1.82) is 0 Å². The number of hydrogen-bond acceptors (Lipinski definition) is 2.